The normalized spacial score (nSPS) is 17.2. The van der Waals surface area contributed by atoms with Crippen molar-refractivity contribution in [3.8, 4) is 0 Å². The summed E-state index contributed by atoms with van der Waals surface area (Å²) in [5.41, 5.74) is 2.45. The van der Waals surface area contributed by atoms with Crippen LogP contribution in [0.25, 0.3) is 6.08 Å². The third kappa shape index (κ3) is 2.95. The molecule has 2 nitrogen and oxygen atoms in total. The first-order valence-electron chi connectivity index (χ1n) is 7.96. The number of amides is 1. The van der Waals surface area contributed by atoms with E-state index in [4.69, 9.17) is 0 Å². The summed E-state index contributed by atoms with van der Waals surface area (Å²) >= 11 is 3.44. The van der Waals surface area contributed by atoms with Gasteiger partial charge in [0.2, 0.25) is 5.91 Å². The Kier molecular flexibility index (Phi) is 4.32. The molecule has 2 aromatic heterocycles. The number of thiophene rings is 2. The van der Waals surface area contributed by atoms with Gasteiger partial charge in [0.1, 0.15) is 0 Å². The fourth-order valence-electron chi connectivity index (χ4n) is 3.18. The number of hydrogen-bond donors (Lipinski definition) is 0. The summed E-state index contributed by atoms with van der Waals surface area (Å²) in [6.45, 7) is 0.765. The SMILES string of the molecule is O=C(C=Cc1cccs1)N1CCc2sccc2C1c1ccccc1. The molecule has 4 rings (SSSR count). The first-order chi connectivity index (χ1) is 11.8. The first kappa shape index (κ1) is 15.4. The van der Waals surface area contributed by atoms with Gasteiger partial charge in [0, 0.05) is 22.4 Å². The second-order valence-electron chi connectivity index (χ2n) is 5.74. The van der Waals surface area contributed by atoms with Gasteiger partial charge in [-0.15, -0.1) is 22.7 Å². The van der Waals surface area contributed by atoms with E-state index in [1.54, 1.807) is 28.7 Å². The maximum absolute atomic E-state index is 12.9. The molecule has 1 amide bonds. The monoisotopic (exact) mass is 351 g/mol. The fourth-order valence-corrected chi connectivity index (χ4v) is 4.71. The summed E-state index contributed by atoms with van der Waals surface area (Å²) in [7, 11) is 0. The minimum absolute atomic E-state index is 0.0154. The number of hydrogen-bond acceptors (Lipinski definition) is 3. The molecule has 1 unspecified atom stereocenters. The Morgan fingerprint density at radius 1 is 1.04 bits per heavy atom. The van der Waals surface area contributed by atoms with Gasteiger partial charge in [-0.3, -0.25) is 4.79 Å². The quantitative estimate of drug-likeness (QED) is 0.608. The minimum atomic E-state index is 0.0154. The molecule has 4 heteroatoms. The third-order valence-corrected chi connectivity index (χ3v) is 6.13. The van der Waals surface area contributed by atoms with E-state index in [2.05, 4.69) is 23.6 Å². The maximum Gasteiger partial charge on any atom is 0.247 e. The zero-order chi connectivity index (χ0) is 16.4. The molecule has 0 fully saturated rings. The molecule has 0 spiro atoms. The van der Waals surface area contributed by atoms with Crippen molar-refractivity contribution in [2.45, 2.75) is 12.5 Å². The van der Waals surface area contributed by atoms with Crippen LogP contribution in [0.3, 0.4) is 0 Å². The largest absolute Gasteiger partial charge is 0.328 e. The Hall–Kier alpha value is -2.17. The van der Waals surface area contributed by atoms with Gasteiger partial charge in [-0.05, 0) is 46.5 Å². The number of rotatable bonds is 3. The Morgan fingerprint density at radius 2 is 1.92 bits per heavy atom. The summed E-state index contributed by atoms with van der Waals surface area (Å²) < 4.78 is 0. The minimum Gasteiger partial charge on any atom is -0.328 e. The van der Waals surface area contributed by atoms with Gasteiger partial charge < -0.3 is 4.90 Å². The molecule has 3 aromatic rings. The molecule has 0 aliphatic carbocycles. The predicted molar refractivity (Wildman–Crippen MR) is 101 cm³/mol. The van der Waals surface area contributed by atoms with Gasteiger partial charge in [-0.25, -0.2) is 0 Å². The predicted octanol–water partition coefficient (Wildman–Crippen LogP) is 5.00. The second kappa shape index (κ2) is 6.75. The van der Waals surface area contributed by atoms with Crippen molar-refractivity contribution < 1.29 is 4.79 Å². The summed E-state index contributed by atoms with van der Waals surface area (Å²) in [6.07, 6.45) is 4.56. The average Bonchev–Trinajstić information content (AvgIpc) is 3.30. The molecule has 0 N–H and O–H groups in total. The summed E-state index contributed by atoms with van der Waals surface area (Å²) in [5.74, 6) is 0.0779. The standard InChI is InChI=1S/C20H17NOS2/c22-19(9-8-16-7-4-13-23-16)21-12-10-18-17(11-14-24-18)20(21)15-5-2-1-3-6-15/h1-9,11,13-14,20H,10,12H2. The zero-order valence-electron chi connectivity index (χ0n) is 13.1. The van der Waals surface area contributed by atoms with Crippen LogP contribution in [0, 0.1) is 0 Å². The fraction of sp³-hybridized carbons (Fsp3) is 0.150. The Balaban J connectivity index is 1.67. The molecule has 1 atom stereocenters. The van der Waals surface area contributed by atoms with Crippen LogP contribution in [0.5, 0.6) is 0 Å². The van der Waals surface area contributed by atoms with Crippen LogP contribution in [0.4, 0.5) is 0 Å². The average molecular weight is 351 g/mol. The van der Waals surface area contributed by atoms with Gasteiger partial charge >= 0.3 is 0 Å². The van der Waals surface area contributed by atoms with Crippen LogP contribution in [0.2, 0.25) is 0 Å². The molecule has 3 heterocycles. The van der Waals surface area contributed by atoms with Crippen LogP contribution in [-0.4, -0.2) is 17.4 Å². The van der Waals surface area contributed by atoms with Crippen molar-refractivity contribution in [1.29, 1.82) is 0 Å². The Bertz CT molecular complexity index is 849. The zero-order valence-corrected chi connectivity index (χ0v) is 14.7. The number of fused-ring (bicyclic) bond motifs is 1. The Morgan fingerprint density at radius 3 is 2.71 bits per heavy atom. The smallest absolute Gasteiger partial charge is 0.247 e. The van der Waals surface area contributed by atoms with E-state index in [1.165, 1.54) is 16.0 Å². The highest BCUT2D eigenvalue weighted by molar-refractivity contribution is 7.10. The number of carbonyl (C=O) groups excluding carboxylic acids is 1. The van der Waals surface area contributed by atoms with E-state index in [-0.39, 0.29) is 11.9 Å². The van der Waals surface area contributed by atoms with E-state index in [0.717, 1.165) is 17.8 Å². The highest BCUT2D eigenvalue weighted by Gasteiger charge is 2.31. The van der Waals surface area contributed by atoms with Crippen LogP contribution in [0.15, 0.2) is 65.4 Å². The van der Waals surface area contributed by atoms with Gasteiger partial charge in [-0.2, -0.15) is 0 Å². The second-order valence-corrected chi connectivity index (χ2v) is 7.72. The Labute approximate surface area is 149 Å². The van der Waals surface area contributed by atoms with Crippen molar-refractivity contribution in [2.75, 3.05) is 6.54 Å². The molecule has 1 aromatic carbocycles. The van der Waals surface area contributed by atoms with E-state index in [1.807, 2.05) is 46.7 Å². The molecule has 120 valence electrons. The molecule has 24 heavy (non-hydrogen) atoms. The maximum atomic E-state index is 12.9. The molecule has 1 aliphatic heterocycles. The molecule has 0 saturated carbocycles. The molecule has 0 bridgehead atoms. The van der Waals surface area contributed by atoms with Crippen LogP contribution < -0.4 is 0 Å². The van der Waals surface area contributed by atoms with Crippen molar-refractivity contribution in [2.24, 2.45) is 0 Å². The summed E-state index contributed by atoms with van der Waals surface area (Å²) in [5, 5.41) is 4.16. The van der Waals surface area contributed by atoms with E-state index >= 15 is 0 Å². The number of benzene rings is 1. The van der Waals surface area contributed by atoms with Crippen LogP contribution >= 0.6 is 22.7 Å². The van der Waals surface area contributed by atoms with Gasteiger partial charge in [0.05, 0.1) is 6.04 Å². The first-order valence-corrected chi connectivity index (χ1v) is 9.72. The number of carbonyl (C=O) groups is 1. The molecule has 1 aliphatic rings. The molecule has 0 saturated heterocycles. The molecule has 0 radical (unpaired) electrons. The van der Waals surface area contributed by atoms with Crippen molar-refractivity contribution in [1.82, 2.24) is 4.90 Å². The lowest BCUT2D eigenvalue weighted by atomic mass is 9.93. The van der Waals surface area contributed by atoms with E-state index in [9.17, 15) is 4.79 Å². The van der Waals surface area contributed by atoms with Crippen molar-refractivity contribution >= 4 is 34.7 Å². The lowest BCUT2D eigenvalue weighted by Gasteiger charge is -2.35. The van der Waals surface area contributed by atoms with Gasteiger partial charge in [0.15, 0.2) is 0 Å². The van der Waals surface area contributed by atoms with Crippen LogP contribution in [0.1, 0.15) is 26.9 Å². The van der Waals surface area contributed by atoms with Crippen LogP contribution in [-0.2, 0) is 11.2 Å². The highest BCUT2D eigenvalue weighted by Crippen LogP contribution is 2.37. The lowest BCUT2D eigenvalue weighted by Crippen LogP contribution is -2.39. The topological polar surface area (TPSA) is 20.3 Å². The number of nitrogens with zero attached hydrogens (tertiary/aromatic N) is 1. The van der Waals surface area contributed by atoms with Crippen molar-refractivity contribution in [3.63, 3.8) is 0 Å². The van der Waals surface area contributed by atoms with E-state index in [0.29, 0.717) is 0 Å². The van der Waals surface area contributed by atoms with Gasteiger partial charge in [-0.1, -0.05) is 36.4 Å². The molecular formula is C20H17NOS2. The molecular weight excluding hydrogens is 334 g/mol. The lowest BCUT2D eigenvalue weighted by molar-refractivity contribution is -0.127. The van der Waals surface area contributed by atoms with Crippen molar-refractivity contribution in [3.05, 3.63) is 86.2 Å². The van der Waals surface area contributed by atoms with E-state index < -0.39 is 0 Å². The summed E-state index contributed by atoms with van der Waals surface area (Å²) in [4.78, 5) is 17.4. The summed E-state index contributed by atoms with van der Waals surface area (Å²) in [6, 6.07) is 16.5. The van der Waals surface area contributed by atoms with Gasteiger partial charge in [0.25, 0.3) is 0 Å². The third-order valence-electron chi connectivity index (χ3n) is 4.30. The highest BCUT2D eigenvalue weighted by atomic mass is 32.1.